The molecule has 0 aromatic heterocycles. The molecule has 222 valence electrons. The number of imide groups is 1. The molecule has 4 aromatic rings. The summed E-state index contributed by atoms with van der Waals surface area (Å²) in [7, 11) is 1.57. The topological polar surface area (TPSA) is 105 Å². The first-order valence-corrected chi connectivity index (χ1v) is 14.8. The van der Waals surface area contributed by atoms with Gasteiger partial charge in [0.05, 0.1) is 18.0 Å². The molecule has 0 bridgehead atoms. The number of hydrogen-bond donors (Lipinski definition) is 2. The van der Waals surface area contributed by atoms with Gasteiger partial charge in [0.25, 0.3) is 11.8 Å². The van der Waals surface area contributed by atoms with E-state index in [0.29, 0.717) is 33.1 Å². The average Bonchev–Trinajstić information content (AvgIpc) is 3.30. The Kier molecular flexibility index (Phi) is 9.26. The minimum atomic E-state index is -0.592. The van der Waals surface area contributed by atoms with Crippen molar-refractivity contribution in [1.29, 1.82) is 0 Å². The van der Waals surface area contributed by atoms with Crippen LogP contribution in [0.3, 0.4) is 0 Å². The Morgan fingerprint density at radius 3 is 2.34 bits per heavy atom. The zero-order valence-electron chi connectivity index (χ0n) is 24.5. The summed E-state index contributed by atoms with van der Waals surface area (Å²) < 4.78 is 5.22. The number of hydrogen-bond acceptors (Lipinski definition) is 6. The lowest BCUT2D eigenvalue weighted by Crippen LogP contribution is -2.31. The number of nitrogens with one attached hydrogen (secondary N) is 2. The summed E-state index contributed by atoms with van der Waals surface area (Å²) in [5, 5.41) is 4.99. The van der Waals surface area contributed by atoms with E-state index < -0.39 is 17.1 Å². The number of rotatable bonds is 9. The van der Waals surface area contributed by atoms with Crippen LogP contribution >= 0.6 is 11.8 Å². The minimum Gasteiger partial charge on any atom is -0.497 e. The van der Waals surface area contributed by atoms with Crippen LogP contribution in [-0.2, 0) is 14.4 Å². The van der Waals surface area contributed by atoms with Crippen LogP contribution in [0.2, 0.25) is 0 Å². The maximum Gasteiger partial charge on any atom is 0.272 e. The van der Waals surface area contributed by atoms with Gasteiger partial charge < -0.3 is 15.4 Å². The van der Waals surface area contributed by atoms with E-state index in [4.69, 9.17) is 4.74 Å². The molecule has 1 atom stereocenters. The number of methoxy groups -OCH3 is 1. The van der Waals surface area contributed by atoms with Gasteiger partial charge in [0.2, 0.25) is 11.8 Å². The van der Waals surface area contributed by atoms with Crippen molar-refractivity contribution in [3.8, 4) is 5.75 Å². The molecule has 2 N–H and O–H groups in total. The molecule has 0 aliphatic carbocycles. The number of nitrogens with zero attached hydrogens (tertiary/aromatic N) is 1. The molecule has 0 spiro atoms. The molecule has 4 amide bonds. The molecule has 1 fully saturated rings. The Labute approximate surface area is 260 Å². The van der Waals surface area contributed by atoms with E-state index >= 15 is 0 Å². The number of ether oxygens (including phenoxy) is 1. The summed E-state index contributed by atoms with van der Waals surface area (Å²) in [6.07, 6.45) is 1.66. The van der Waals surface area contributed by atoms with Gasteiger partial charge in [-0.15, -0.1) is 11.8 Å². The number of carbonyl (C=O) groups is 4. The molecular weight excluding hydrogens is 574 g/mol. The molecule has 9 heteroatoms. The fourth-order valence-electron chi connectivity index (χ4n) is 4.65. The fourth-order valence-corrected chi connectivity index (χ4v) is 5.76. The maximum absolute atomic E-state index is 13.5. The monoisotopic (exact) mass is 605 g/mol. The normalized spacial score (nSPS) is 14.8. The predicted molar refractivity (Wildman–Crippen MR) is 173 cm³/mol. The van der Waals surface area contributed by atoms with Crippen molar-refractivity contribution in [2.24, 2.45) is 0 Å². The van der Waals surface area contributed by atoms with Crippen molar-refractivity contribution in [3.05, 3.63) is 125 Å². The third-order valence-electron chi connectivity index (χ3n) is 7.18. The quantitative estimate of drug-likeness (QED) is 0.175. The van der Waals surface area contributed by atoms with Crippen LogP contribution < -0.4 is 20.3 Å². The van der Waals surface area contributed by atoms with Crippen LogP contribution in [0.15, 0.2) is 108 Å². The summed E-state index contributed by atoms with van der Waals surface area (Å²) in [6.45, 7) is 3.92. The molecule has 0 radical (unpaired) electrons. The van der Waals surface area contributed by atoms with E-state index in [-0.39, 0.29) is 23.9 Å². The Morgan fingerprint density at radius 1 is 0.886 bits per heavy atom. The lowest BCUT2D eigenvalue weighted by Gasteiger charge is -2.16. The van der Waals surface area contributed by atoms with Gasteiger partial charge in [-0.05, 0) is 91.2 Å². The Balaban J connectivity index is 1.33. The number of thioether (sulfide) groups is 1. The van der Waals surface area contributed by atoms with E-state index in [1.807, 2.05) is 32.0 Å². The average molecular weight is 606 g/mol. The van der Waals surface area contributed by atoms with Gasteiger partial charge in [0.15, 0.2) is 0 Å². The molecule has 0 unspecified atom stereocenters. The number of anilines is 2. The van der Waals surface area contributed by atoms with Gasteiger partial charge in [0.1, 0.15) is 11.4 Å². The fraction of sp³-hybridized carbons (Fsp3) is 0.143. The van der Waals surface area contributed by atoms with Crippen molar-refractivity contribution in [1.82, 2.24) is 5.32 Å². The number of benzene rings is 4. The highest BCUT2D eigenvalue weighted by Gasteiger charge is 2.40. The zero-order chi connectivity index (χ0) is 31.2. The van der Waals surface area contributed by atoms with E-state index in [2.05, 4.69) is 10.6 Å². The lowest BCUT2D eigenvalue weighted by molar-refractivity contribution is -0.121. The first-order valence-electron chi connectivity index (χ1n) is 14.0. The summed E-state index contributed by atoms with van der Waals surface area (Å²) in [5.74, 6) is -0.813. The third kappa shape index (κ3) is 7.07. The second-order valence-corrected chi connectivity index (χ2v) is 11.6. The molecule has 8 nitrogen and oxygen atoms in total. The Bertz CT molecular complexity index is 1750. The van der Waals surface area contributed by atoms with Crippen LogP contribution in [0.25, 0.3) is 6.08 Å². The molecule has 44 heavy (non-hydrogen) atoms. The summed E-state index contributed by atoms with van der Waals surface area (Å²) >= 11 is 1.27. The van der Waals surface area contributed by atoms with Crippen LogP contribution in [0, 0.1) is 13.8 Å². The van der Waals surface area contributed by atoms with Crippen LogP contribution in [0.1, 0.15) is 33.5 Å². The van der Waals surface area contributed by atoms with E-state index in [1.54, 1.807) is 92.0 Å². The Hall–Kier alpha value is -5.15. The van der Waals surface area contributed by atoms with E-state index in [1.165, 1.54) is 16.7 Å². The lowest BCUT2D eigenvalue weighted by atomic mass is 10.1. The largest absolute Gasteiger partial charge is 0.497 e. The maximum atomic E-state index is 13.5. The molecule has 1 aliphatic heterocycles. The smallest absolute Gasteiger partial charge is 0.272 e. The SMILES string of the molecule is COc1ccc(/C=C(\NC(=O)c2ccccc2)C(=O)Nc2cccc(S[C@@H]3CC(=O)N(c4ccc(C)c(C)c4)C3=O)c2)cc1. The molecular formula is C35H31N3O5S. The summed E-state index contributed by atoms with van der Waals surface area (Å²) in [5.41, 5.74) is 4.26. The first-order chi connectivity index (χ1) is 21.2. The van der Waals surface area contributed by atoms with Crippen LogP contribution in [-0.4, -0.2) is 36.0 Å². The molecule has 4 aromatic carbocycles. The third-order valence-corrected chi connectivity index (χ3v) is 8.36. The Morgan fingerprint density at radius 2 is 1.64 bits per heavy atom. The highest BCUT2D eigenvalue weighted by atomic mass is 32.2. The van der Waals surface area contributed by atoms with Crippen LogP contribution in [0.5, 0.6) is 5.75 Å². The molecule has 1 aliphatic rings. The second-order valence-electron chi connectivity index (χ2n) is 10.3. The highest BCUT2D eigenvalue weighted by Crippen LogP contribution is 2.35. The van der Waals surface area contributed by atoms with Gasteiger partial charge in [0, 0.05) is 22.6 Å². The standard InChI is InChI=1S/C35H31N3O5S/c1-22-12-15-27(18-23(22)2)38-32(39)21-31(35(38)42)44-29-11-7-10-26(20-29)36-34(41)30(19-24-13-16-28(43-3)17-14-24)37-33(40)25-8-5-4-6-9-25/h4-20,31H,21H2,1-3H3,(H,36,41)(H,37,40)/b30-19-/t31-/m1/s1. The van der Waals surface area contributed by atoms with Gasteiger partial charge in [-0.2, -0.15) is 0 Å². The van der Waals surface area contributed by atoms with Crippen molar-refractivity contribution in [2.75, 3.05) is 17.3 Å². The number of aryl methyl sites for hydroxylation is 2. The van der Waals surface area contributed by atoms with Gasteiger partial charge >= 0.3 is 0 Å². The van der Waals surface area contributed by atoms with Crippen molar-refractivity contribution in [3.63, 3.8) is 0 Å². The number of amides is 4. The number of carbonyl (C=O) groups excluding carboxylic acids is 4. The minimum absolute atomic E-state index is 0.0441. The predicted octanol–water partition coefficient (Wildman–Crippen LogP) is 6.15. The molecule has 0 saturated carbocycles. The second kappa shape index (κ2) is 13.4. The van der Waals surface area contributed by atoms with Crippen molar-refractivity contribution < 1.29 is 23.9 Å². The summed E-state index contributed by atoms with van der Waals surface area (Å²) in [4.78, 5) is 54.5. The summed E-state index contributed by atoms with van der Waals surface area (Å²) in [6, 6.07) is 28.3. The molecule has 5 rings (SSSR count). The van der Waals surface area contributed by atoms with Gasteiger partial charge in [-0.1, -0.05) is 42.5 Å². The van der Waals surface area contributed by atoms with Crippen molar-refractivity contribution in [2.45, 2.75) is 30.4 Å². The van der Waals surface area contributed by atoms with Crippen LogP contribution in [0.4, 0.5) is 11.4 Å². The molecule has 1 heterocycles. The molecule has 1 saturated heterocycles. The first kappa shape index (κ1) is 30.3. The van der Waals surface area contributed by atoms with Gasteiger partial charge in [-0.25, -0.2) is 4.90 Å². The van der Waals surface area contributed by atoms with Crippen molar-refractivity contribution >= 4 is 52.8 Å². The highest BCUT2D eigenvalue weighted by molar-refractivity contribution is 8.00. The van der Waals surface area contributed by atoms with E-state index in [9.17, 15) is 19.2 Å². The zero-order valence-corrected chi connectivity index (χ0v) is 25.3. The van der Waals surface area contributed by atoms with Gasteiger partial charge in [-0.3, -0.25) is 19.2 Å². The van der Waals surface area contributed by atoms with E-state index in [0.717, 1.165) is 11.1 Å².